The Kier molecular flexibility index (Phi) is 4.89. The lowest BCUT2D eigenvalue weighted by molar-refractivity contribution is 0.0689. The van der Waals surface area contributed by atoms with E-state index in [1.54, 1.807) is 30.3 Å². The molecule has 126 valence electrons. The van der Waals surface area contributed by atoms with Crippen LogP contribution in [0.3, 0.4) is 0 Å². The summed E-state index contributed by atoms with van der Waals surface area (Å²) in [4.78, 5) is 15.2. The molecule has 0 fully saturated rings. The van der Waals surface area contributed by atoms with Crippen molar-refractivity contribution in [2.75, 3.05) is 7.11 Å². The number of ether oxygens (including phenoxy) is 1. The van der Waals surface area contributed by atoms with Gasteiger partial charge in [-0.25, -0.2) is 4.79 Å². The summed E-state index contributed by atoms with van der Waals surface area (Å²) in [5, 5.41) is 13.4. The molecule has 0 saturated heterocycles. The van der Waals surface area contributed by atoms with E-state index in [1.165, 1.54) is 0 Å². The Morgan fingerprint density at radius 1 is 1.20 bits per heavy atom. The van der Waals surface area contributed by atoms with E-state index >= 15 is 0 Å². The predicted molar refractivity (Wildman–Crippen MR) is 94.4 cm³/mol. The minimum absolute atomic E-state index is 0.0182. The molecule has 0 aliphatic rings. The molecule has 1 aromatic carbocycles. The van der Waals surface area contributed by atoms with Crippen molar-refractivity contribution in [3.63, 3.8) is 0 Å². The molecule has 0 bridgehead atoms. The van der Waals surface area contributed by atoms with Crippen LogP contribution in [0.15, 0.2) is 60.9 Å². The van der Waals surface area contributed by atoms with E-state index in [4.69, 9.17) is 4.74 Å². The highest BCUT2D eigenvalue weighted by atomic mass is 16.5. The molecule has 1 N–H and O–H groups in total. The second-order valence-corrected chi connectivity index (χ2v) is 5.31. The molecule has 0 amide bonds. The quantitative estimate of drug-likeness (QED) is 0.747. The third kappa shape index (κ3) is 3.92. The number of aromatic nitrogens is 3. The second kappa shape index (κ2) is 7.44. The summed E-state index contributed by atoms with van der Waals surface area (Å²) in [6, 6.07) is 12.9. The fourth-order valence-electron chi connectivity index (χ4n) is 2.42. The van der Waals surface area contributed by atoms with Gasteiger partial charge in [0.15, 0.2) is 5.69 Å². The zero-order chi connectivity index (χ0) is 17.6. The van der Waals surface area contributed by atoms with Gasteiger partial charge in [0.1, 0.15) is 5.75 Å². The van der Waals surface area contributed by atoms with Crippen LogP contribution in [0.25, 0.3) is 17.3 Å². The summed E-state index contributed by atoms with van der Waals surface area (Å²) in [5.41, 5.74) is 2.65. The maximum atomic E-state index is 11.2. The summed E-state index contributed by atoms with van der Waals surface area (Å²) in [5.74, 6) is -0.247. The highest BCUT2D eigenvalue weighted by molar-refractivity contribution is 5.87. The van der Waals surface area contributed by atoms with E-state index in [1.807, 2.05) is 48.6 Å². The molecule has 0 saturated carbocycles. The van der Waals surface area contributed by atoms with E-state index in [0.29, 0.717) is 6.54 Å². The minimum atomic E-state index is -1.05. The van der Waals surface area contributed by atoms with Crippen LogP contribution in [0.5, 0.6) is 5.75 Å². The van der Waals surface area contributed by atoms with Crippen LogP contribution in [0.2, 0.25) is 0 Å². The second-order valence-electron chi connectivity index (χ2n) is 5.31. The minimum Gasteiger partial charge on any atom is -0.497 e. The number of carboxylic acids is 1. The summed E-state index contributed by atoms with van der Waals surface area (Å²) in [6.45, 7) is 0.455. The van der Waals surface area contributed by atoms with E-state index in [2.05, 4.69) is 10.1 Å². The van der Waals surface area contributed by atoms with Crippen molar-refractivity contribution >= 4 is 12.0 Å². The molecule has 3 aromatic rings. The van der Waals surface area contributed by atoms with Crippen LogP contribution >= 0.6 is 0 Å². The zero-order valence-corrected chi connectivity index (χ0v) is 13.7. The molecule has 0 aliphatic carbocycles. The molecule has 0 spiro atoms. The maximum Gasteiger partial charge on any atom is 0.356 e. The number of benzene rings is 1. The molecule has 6 heteroatoms. The van der Waals surface area contributed by atoms with Gasteiger partial charge in [-0.1, -0.05) is 24.3 Å². The molecule has 2 heterocycles. The number of rotatable bonds is 6. The molecule has 0 radical (unpaired) electrons. The third-order valence-electron chi connectivity index (χ3n) is 3.68. The lowest BCUT2D eigenvalue weighted by atomic mass is 10.2. The van der Waals surface area contributed by atoms with Gasteiger partial charge in [-0.05, 0) is 35.9 Å². The average Bonchev–Trinajstić information content (AvgIpc) is 3.07. The SMILES string of the molecule is COc1ccc(C=CCn2nc(C(=O)O)cc2-c2ccncc2)cc1. The van der Waals surface area contributed by atoms with Gasteiger partial charge in [0, 0.05) is 18.0 Å². The number of carboxylic acid groups (broad SMARTS) is 1. The summed E-state index contributed by atoms with van der Waals surface area (Å²) in [6.07, 6.45) is 7.23. The smallest absolute Gasteiger partial charge is 0.356 e. The number of methoxy groups -OCH3 is 1. The van der Waals surface area contributed by atoms with Crippen LogP contribution < -0.4 is 4.74 Å². The van der Waals surface area contributed by atoms with Gasteiger partial charge in [0.25, 0.3) is 0 Å². The van der Waals surface area contributed by atoms with E-state index in [0.717, 1.165) is 22.6 Å². The van der Waals surface area contributed by atoms with Crippen LogP contribution in [-0.4, -0.2) is 33.0 Å². The van der Waals surface area contributed by atoms with Crippen molar-refractivity contribution in [2.45, 2.75) is 6.54 Å². The fraction of sp³-hybridized carbons (Fsp3) is 0.105. The van der Waals surface area contributed by atoms with Gasteiger partial charge in [-0.15, -0.1) is 0 Å². The number of aromatic carboxylic acids is 1. The fourth-order valence-corrected chi connectivity index (χ4v) is 2.42. The molecule has 3 rings (SSSR count). The van der Waals surface area contributed by atoms with Gasteiger partial charge < -0.3 is 9.84 Å². The van der Waals surface area contributed by atoms with Crippen LogP contribution in [-0.2, 0) is 6.54 Å². The first-order valence-corrected chi connectivity index (χ1v) is 7.69. The van der Waals surface area contributed by atoms with E-state index < -0.39 is 5.97 Å². The van der Waals surface area contributed by atoms with Gasteiger partial charge in [-0.3, -0.25) is 9.67 Å². The maximum absolute atomic E-state index is 11.2. The standard InChI is InChI=1S/C19H17N3O3/c1-25-16-6-4-14(5-7-16)3-2-12-22-18(13-17(21-22)19(23)24)15-8-10-20-11-9-15/h2-11,13H,12H2,1H3,(H,23,24). The summed E-state index contributed by atoms with van der Waals surface area (Å²) < 4.78 is 6.80. The van der Waals surface area contributed by atoms with Gasteiger partial charge >= 0.3 is 5.97 Å². The van der Waals surface area contributed by atoms with Crippen molar-refractivity contribution < 1.29 is 14.6 Å². The molecule has 0 atom stereocenters. The van der Waals surface area contributed by atoms with Gasteiger partial charge in [0.05, 0.1) is 19.3 Å². The van der Waals surface area contributed by atoms with Gasteiger partial charge in [-0.2, -0.15) is 5.10 Å². The first-order valence-electron chi connectivity index (χ1n) is 7.69. The first kappa shape index (κ1) is 16.4. The van der Waals surface area contributed by atoms with Crippen molar-refractivity contribution in [1.82, 2.24) is 14.8 Å². The number of nitrogens with zero attached hydrogens (tertiary/aromatic N) is 3. The Balaban J connectivity index is 1.83. The molecule has 6 nitrogen and oxygen atoms in total. The van der Waals surface area contributed by atoms with Crippen molar-refractivity contribution in [2.24, 2.45) is 0 Å². The summed E-state index contributed by atoms with van der Waals surface area (Å²) in [7, 11) is 1.63. The topological polar surface area (TPSA) is 77.2 Å². The summed E-state index contributed by atoms with van der Waals surface area (Å²) >= 11 is 0. The Morgan fingerprint density at radius 2 is 1.92 bits per heavy atom. The van der Waals surface area contributed by atoms with Crippen LogP contribution in [0.1, 0.15) is 16.1 Å². The monoisotopic (exact) mass is 335 g/mol. The number of allylic oxidation sites excluding steroid dienone is 1. The molecular formula is C19H17N3O3. The van der Waals surface area contributed by atoms with Gasteiger partial charge in [0.2, 0.25) is 0 Å². The number of hydrogen-bond donors (Lipinski definition) is 1. The van der Waals surface area contributed by atoms with Crippen molar-refractivity contribution in [1.29, 1.82) is 0 Å². The molecule has 25 heavy (non-hydrogen) atoms. The molecule has 0 aliphatic heterocycles. The molecule has 2 aromatic heterocycles. The Labute approximate surface area is 145 Å². The van der Waals surface area contributed by atoms with Crippen LogP contribution in [0, 0.1) is 0 Å². The van der Waals surface area contributed by atoms with Crippen molar-refractivity contribution in [3.05, 3.63) is 72.2 Å². The largest absolute Gasteiger partial charge is 0.497 e. The highest BCUT2D eigenvalue weighted by Crippen LogP contribution is 2.20. The Hall–Kier alpha value is -3.41. The number of hydrogen-bond acceptors (Lipinski definition) is 4. The predicted octanol–water partition coefficient (Wildman–Crippen LogP) is 3.37. The third-order valence-corrected chi connectivity index (χ3v) is 3.68. The lowest BCUT2D eigenvalue weighted by Gasteiger charge is -2.04. The normalized spacial score (nSPS) is 10.9. The molecular weight excluding hydrogens is 318 g/mol. The number of pyridine rings is 1. The average molecular weight is 335 g/mol. The van der Waals surface area contributed by atoms with E-state index in [-0.39, 0.29) is 5.69 Å². The van der Waals surface area contributed by atoms with Crippen LogP contribution in [0.4, 0.5) is 0 Å². The van der Waals surface area contributed by atoms with Crippen molar-refractivity contribution in [3.8, 4) is 17.0 Å². The Bertz CT molecular complexity index is 884. The first-order chi connectivity index (χ1) is 12.2. The molecule has 0 unspecified atom stereocenters. The highest BCUT2D eigenvalue weighted by Gasteiger charge is 2.13. The Morgan fingerprint density at radius 3 is 2.56 bits per heavy atom. The zero-order valence-electron chi connectivity index (χ0n) is 13.7. The number of carbonyl (C=O) groups is 1. The lowest BCUT2D eigenvalue weighted by Crippen LogP contribution is -2.03. The van der Waals surface area contributed by atoms with E-state index in [9.17, 15) is 9.90 Å².